The van der Waals surface area contributed by atoms with E-state index in [1.54, 1.807) is 10.9 Å². The molecule has 2 aromatic carbocycles. The second kappa shape index (κ2) is 6.42. The summed E-state index contributed by atoms with van der Waals surface area (Å²) in [5.74, 6) is 6.21. The van der Waals surface area contributed by atoms with Crippen molar-refractivity contribution >= 4 is 6.21 Å². The number of hydrogen-bond acceptors (Lipinski definition) is 3. The van der Waals surface area contributed by atoms with Crippen molar-refractivity contribution < 1.29 is 5.21 Å². The number of oxime groups is 1. The molecule has 0 amide bonds. The van der Waals surface area contributed by atoms with Crippen molar-refractivity contribution in [1.82, 2.24) is 9.78 Å². The Bertz CT molecular complexity index is 840. The Morgan fingerprint density at radius 3 is 2.32 bits per heavy atom. The highest BCUT2D eigenvalue weighted by atomic mass is 16.4. The third-order valence-electron chi connectivity index (χ3n) is 3.09. The summed E-state index contributed by atoms with van der Waals surface area (Å²) in [5, 5.41) is 16.2. The molecular formula is C18H13N3O. The number of nitrogens with zero attached hydrogens (tertiary/aromatic N) is 3. The first-order chi connectivity index (χ1) is 10.9. The van der Waals surface area contributed by atoms with Gasteiger partial charge in [-0.2, -0.15) is 5.10 Å². The van der Waals surface area contributed by atoms with E-state index in [0.717, 1.165) is 11.3 Å². The highest BCUT2D eigenvalue weighted by Gasteiger charge is 2.08. The molecule has 3 aromatic rings. The molecule has 22 heavy (non-hydrogen) atoms. The summed E-state index contributed by atoms with van der Waals surface area (Å²) in [4.78, 5) is 0. The van der Waals surface area contributed by atoms with Crippen LogP contribution in [0.25, 0.3) is 5.69 Å². The summed E-state index contributed by atoms with van der Waals surface area (Å²) in [6.07, 6.45) is 2.96. The van der Waals surface area contributed by atoms with Crippen molar-refractivity contribution in [3.05, 3.63) is 83.7 Å². The Hall–Kier alpha value is -3.32. The summed E-state index contributed by atoms with van der Waals surface area (Å²) >= 11 is 0. The molecule has 0 aliphatic carbocycles. The van der Waals surface area contributed by atoms with Crippen LogP contribution in [0, 0.1) is 11.8 Å². The topological polar surface area (TPSA) is 50.4 Å². The molecule has 0 aliphatic rings. The molecule has 4 heteroatoms. The summed E-state index contributed by atoms with van der Waals surface area (Å²) in [6.45, 7) is 0. The third kappa shape index (κ3) is 2.89. The van der Waals surface area contributed by atoms with Crippen LogP contribution in [0.1, 0.15) is 16.8 Å². The highest BCUT2D eigenvalue weighted by Crippen LogP contribution is 2.13. The Balaban J connectivity index is 2.09. The minimum absolute atomic E-state index is 0.662. The van der Waals surface area contributed by atoms with Gasteiger partial charge in [0.2, 0.25) is 0 Å². The van der Waals surface area contributed by atoms with Gasteiger partial charge in [0.15, 0.2) is 0 Å². The first-order valence-corrected chi connectivity index (χ1v) is 6.76. The normalized spacial score (nSPS) is 10.4. The molecule has 1 heterocycles. The summed E-state index contributed by atoms with van der Waals surface area (Å²) < 4.78 is 1.73. The maximum absolute atomic E-state index is 8.79. The molecule has 0 spiro atoms. The third-order valence-corrected chi connectivity index (χ3v) is 3.09. The van der Waals surface area contributed by atoms with E-state index in [4.69, 9.17) is 5.21 Å². The zero-order chi connectivity index (χ0) is 15.2. The van der Waals surface area contributed by atoms with Crippen LogP contribution in [0.15, 0.2) is 72.0 Å². The molecule has 3 rings (SSSR count). The molecule has 0 atom stereocenters. The molecule has 4 nitrogen and oxygen atoms in total. The van der Waals surface area contributed by atoms with Crippen molar-refractivity contribution in [1.29, 1.82) is 0 Å². The molecule has 0 unspecified atom stereocenters. The van der Waals surface area contributed by atoms with E-state index in [9.17, 15) is 0 Å². The van der Waals surface area contributed by atoms with Crippen LogP contribution < -0.4 is 0 Å². The number of benzene rings is 2. The lowest BCUT2D eigenvalue weighted by atomic mass is 10.2. The second-order valence-corrected chi connectivity index (χ2v) is 4.56. The average molecular weight is 287 g/mol. The van der Waals surface area contributed by atoms with Crippen molar-refractivity contribution in [2.24, 2.45) is 5.16 Å². The quantitative estimate of drug-likeness (QED) is 0.341. The van der Waals surface area contributed by atoms with Gasteiger partial charge in [-0.1, -0.05) is 47.5 Å². The van der Waals surface area contributed by atoms with E-state index in [1.807, 2.05) is 60.7 Å². The lowest BCUT2D eigenvalue weighted by Crippen LogP contribution is -2.00. The lowest BCUT2D eigenvalue weighted by Gasteiger charge is -2.03. The number of aromatic nitrogens is 2. The molecule has 0 fully saturated rings. The largest absolute Gasteiger partial charge is 0.411 e. The molecule has 1 N–H and O–H groups in total. The van der Waals surface area contributed by atoms with E-state index in [2.05, 4.69) is 22.1 Å². The first-order valence-electron chi connectivity index (χ1n) is 6.76. The fourth-order valence-corrected chi connectivity index (χ4v) is 2.06. The van der Waals surface area contributed by atoms with Crippen LogP contribution in [0.5, 0.6) is 0 Å². The minimum atomic E-state index is 0.662. The van der Waals surface area contributed by atoms with Gasteiger partial charge in [-0.3, -0.25) is 0 Å². The Morgan fingerprint density at radius 1 is 0.955 bits per heavy atom. The van der Waals surface area contributed by atoms with E-state index < -0.39 is 0 Å². The number of hydrogen-bond donors (Lipinski definition) is 1. The van der Waals surface area contributed by atoms with E-state index >= 15 is 0 Å². The zero-order valence-electron chi connectivity index (χ0n) is 11.7. The van der Waals surface area contributed by atoms with Gasteiger partial charge in [-0.25, -0.2) is 4.68 Å². The lowest BCUT2D eigenvalue weighted by molar-refractivity contribution is 0.322. The molecule has 0 aliphatic heterocycles. The molecule has 0 bridgehead atoms. The van der Waals surface area contributed by atoms with Crippen LogP contribution in [0.3, 0.4) is 0 Å². The summed E-state index contributed by atoms with van der Waals surface area (Å²) in [5.41, 5.74) is 3.15. The predicted octanol–water partition coefficient (Wildman–Crippen LogP) is 3.08. The maximum atomic E-state index is 8.79. The highest BCUT2D eigenvalue weighted by molar-refractivity contribution is 5.82. The van der Waals surface area contributed by atoms with Crippen molar-refractivity contribution in [3.63, 3.8) is 0 Å². The summed E-state index contributed by atoms with van der Waals surface area (Å²) in [6, 6.07) is 19.4. The smallest absolute Gasteiger partial charge is 0.126 e. The van der Waals surface area contributed by atoms with Gasteiger partial charge in [0.05, 0.1) is 23.7 Å². The van der Waals surface area contributed by atoms with Gasteiger partial charge >= 0.3 is 0 Å². The van der Waals surface area contributed by atoms with Crippen LogP contribution in [-0.2, 0) is 0 Å². The molecule has 1 aromatic heterocycles. The monoisotopic (exact) mass is 287 g/mol. The summed E-state index contributed by atoms with van der Waals surface area (Å²) in [7, 11) is 0. The van der Waals surface area contributed by atoms with Gasteiger partial charge in [0, 0.05) is 5.56 Å². The average Bonchev–Trinajstić information content (AvgIpc) is 2.98. The second-order valence-electron chi connectivity index (χ2n) is 4.56. The fraction of sp³-hybridized carbons (Fsp3) is 0. The fourth-order valence-electron chi connectivity index (χ4n) is 2.06. The van der Waals surface area contributed by atoms with Crippen molar-refractivity contribution in [3.8, 4) is 17.5 Å². The van der Waals surface area contributed by atoms with E-state index in [-0.39, 0.29) is 0 Å². The molecule has 0 radical (unpaired) electrons. The van der Waals surface area contributed by atoms with Gasteiger partial charge in [0.1, 0.15) is 5.69 Å². The standard InChI is InChI=1S/C18H13N3O/c22-20-14-16-13-19-21(17-9-5-2-6-10-17)18(16)12-11-15-7-3-1-4-8-15/h1-10,13-14,22H/b20-14+. The van der Waals surface area contributed by atoms with Crippen LogP contribution in [-0.4, -0.2) is 21.2 Å². The molecule has 0 saturated carbocycles. The first kappa shape index (κ1) is 13.7. The zero-order valence-corrected chi connectivity index (χ0v) is 11.7. The van der Waals surface area contributed by atoms with Crippen LogP contribution >= 0.6 is 0 Å². The van der Waals surface area contributed by atoms with Crippen LogP contribution in [0.2, 0.25) is 0 Å². The van der Waals surface area contributed by atoms with Crippen molar-refractivity contribution in [2.45, 2.75) is 0 Å². The number of para-hydroxylation sites is 1. The molecule has 106 valence electrons. The number of rotatable bonds is 2. The molecular weight excluding hydrogens is 274 g/mol. The Morgan fingerprint density at radius 2 is 1.64 bits per heavy atom. The Labute approximate surface area is 128 Å². The molecule has 0 saturated heterocycles. The van der Waals surface area contributed by atoms with E-state index in [1.165, 1.54) is 6.21 Å². The maximum Gasteiger partial charge on any atom is 0.126 e. The predicted molar refractivity (Wildman–Crippen MR) is 85.4 cm³/mol. The SMILES string of the molecule is O/N=C/c1cnn(-c2ccccc2)c1C#Cc1ccccc1. The Kier molecular flexibility index (Phi) is 3.98. The van der Waals surface area contributed by atoms with Gasteiger partial charge < -0.3 is 5.21 Å². The van der Waals surface area contributed by atoms with Gasteiger partial charge in [-0.05, 0) is 30.2 Å². The van der Waals surface area contributed by atoms with E-state index in [0.29, 0.717) is 11.3 Å². The minimum Gasteiger partial charge on any atom is -0.411 e. The van der Waals surface area contributed by atoms with Crippen molar-refractivity contribution in [2.75, 3.05) is 0 Å². The van der Waals surface area contributed by atoms with Gasteiger partial charge in [-0.15, -0.1) is 0 Å². The van der Waals surface area contributed by atoms with Crippen LogP contribution in [0.4, 0.5) is 0 Å². The van der Waals surface area contributed by atoms with Gasteiger partial charge in [0.25, 0.3) is 0 Å².